The van der Waals surface area contributed by atoms with Crippen LogP contribution >= 0.6 is 0 Å². The van der Waals surface area contributed by atoms with E-state index in [4.69, 9.17) is 0 Å². The number of ether oxygens (including phenoxy) is 1. The lowest BCUT2D eigenvalue weighted by atomic mass is 10.1. The van der Waals surface area contributed by atoms with E-state index in [0.29, 0.717) is 18.2 Å². The van der Waals surface area contributed by atoms with E-state index >= 15 is 0 Å². The molecular formula is C21H17FN4O4. The summed E-state index contributed by atoms with van der Waals surface area (Å²) >= 11 is 0. The first-order chi connectivity index (χ1) is 14.5. The van der Waals surface area contributed by atoms with E-state index in [-0.39, 0.29) is 22.3 Å². The number of rotatable bonds is 5. The number of methoxy groups -OCH3 is 1. The van der Waals surface area contributed by atoms with Crippen molar-refractivity contribution in [2.24, 2.45) is 5.92 Å². The van der Waals surface area contributed by atoms with Gasteiger partial charge in [-0.05, 0) is 43.0 Å². The Labute approximate surface area is 169 Å². The Bertz CT molecular complexity index is 1340. The van der Waals surface area contributed by atoms with E-state index in [1.54, 1.807) is 12.3 Å². The predicted octanol–water partition coefficient (Wildman–Crippen LogP) is 3.38. The maximum Gasteiger partial charge on any atom is 0.340 e. The van der Waals surface area contributed by atoms with Crippen LogP contribution in [0.5, 0.6) is 0 Å². The second kappa shape index (κ2) is 6.65. The third-order valence-electron chi connectivity index (χ3n) is 5.35. The monoisotopic (exact) mass is 408 g/mol. The van der Waals surface area contributed by atoms with Gasteiger partial charge in [0.1, 0.15) is 22.4 Å². The second-order valence-electron chi connectivity index (χ2n) is 7.39. The molecule has 0 saturated heterocycles. The predicted molar refractivity (Wildman–Crippen MR) is 105 cm³/mol. The highest BCUT2D eigenvalue weighted by Gasteiger charge is 2.29. The number of hydrogen-bond donors (Lipinski definition) is 1. The minimum atomic E-state index is -1.30. The lowest BCUT2D eigenvalue weighted by Crippen LogP contribution is -2.06. The van der Waals surface area contributed by atoms with Gasteiger partial charge in [0.2, 0.25) is 0 Å². The number of hydrogen-bond acceptors (Lipinski definition) is 5. The van der Waals surface area contributed by atoms with Crippen molar-refractivity contribution >= 4 is 28.5 Å². The average Bonchev–Trinajstić information content (AvgIpc) is 3.35. The van der Waals surface area contributed by atoms with Crippen molar-refractivity contribution in [2.75, 3.05) is 7.11 Å². The van der Waals surface area contributed by atoms with Crippen LogP contribution in [0.2, 0.25) is 0 Å². The minimum Gasteiger partial charge on any atom is -0.478 e. The SMILES string of the molecule is COC(=O)c1cc(F)c2c(C(=O)O)c(-c3cc4cccnc4n3CC3CC3)nn2c1. The zero-order valence-corrected chi connectivity index (χ0v) is 16.0. The van der Waals surface area contributed by atoms with Crippen molar-refractivity contribution in [3.8, 4) is 11.4 Å². The number of aromatic carboxylic acids is 1. The second-order valence-corrected chi connectivity index (χ2v) is 7.39. The van der Waals surface area contributed by atoms with Crippen LogP contribution in [0, 0.1) is 11.7 Å². The fourth-order valence-corrected chi connectivity index (χ4v) is 3.77. The molecule has 1 aliphatic carbocycles. The highest BCUT2D eigenvalue weighted by Crippen LogP contribution is 2.37. The largest absolute Gasteiger partial charge is 0.478 e. The Balaban J connectivity index is 1.80. The van der Waals surface area contributed by atoms with Crippen molar-refractivity contribution in [2.45, 2.75) is 19.4 Å². The Morgan fingerprint density at radius 3 is 2.83 bits per heavy atom. The molecule has 4 heterocycles. The van der Waals surface area contributed by atoms with Crippen molar-refractivity contribution in [3.63, 3.8) is 0 Å². The van der Waals surface area contributed by atoms with Crippen LogP contribution in [-0.2, 0) is 11.3 Å². The summed E-state index contributed by atoms with van der Waals surface area (Å²) in [5.41, 5.74) is 0.875. The van der Waals surface area contributed by atoms with Crippen LogP contribution in [0.15, 0.2) is 36.7 Å². The fourth-order valence-electron chi connectivity index (χ4n) is 3.77. The van der Waals surface area contributed by atoms with E-state index < -0.39 is 17.8 Å². The molecule has 0 aliphatic heterocycles. The van der Waals surface area contributed by atoms with Crippen LogP contribution < -0.4 is 0 Å². The summed E-state index contributed by atoms with van der Waals surface area (Å²) in [6, 6.07) is 6.47. The summed E-state index contributed by atoms with van der Waals surface area (Å²) in [4.78, 5) is 28.4. The molecule has 0 amide bonds. The molecule has 4 aromatic rings. The van der Waals surface area contributed by atoms with Gasteiger partial charge in [-0.15, -0.1) is 0 Å². The maximum absolute atomic E-state index is 14.9. The Morgan fingerprint density at radius 1 is 1.33 bits per heavy atom. The summed E-state index contributed by atoms with van der Waals surface area (Å²) in [6.45, 7) is 0.679. The molecule has 4 aromatic heterocycles. The third kappa shape index (κ3) is 2.81. The number of halogens is 1. The molecule has 30 heavy (non-hydrogen) atoms. The molecule has 0 atom stereocenters. The number of nitrogens with zero attached hydrogens (tertiary/aromatic N) is 4. The summed E-state index contributed by atoms with van der Waals surface area (Å²) in [5.74, 6) is -2.41. The molecule has 0 radical (unpaired) electrons. The van der Waals surface area contributed by atoms with Gasteiger partial charge in [-0.2, -0.15) is 5.10 Å². The quantitative estimate of drug-likeness (QED) is 0.508. The van der Waals surface area contributed by atoms with Crippen LogP contribution in [0.25, 0.3) is 27.9 Å². The lowest BCUT2D eigenvalue weighted by molar-refractivity contribution is 0.0598. The van der Waals surface area contributed by atoms with Crippen LogP contribution in [0.4, 0.5) is 4.39 Å². The maximum atomic E-state index is 14.9. The molecule has 152 valence electrons. The van der Waals surface area contributed by atoms with E-state index in [0.717, 1.165) is 34.5 Å². The average molecular weight is 408 g/mol. The van der Waals surface area contributed by atoms with Gasteiger partial charge in [0.15, 0.2) is 5.82 Å². The highest BCUT2D eigenvalue weighted by molar-refractivity contribution is 6.03. The first-order valence-electron chi connectivity index (χ1n) is 9.46. The number of carboxylic acid groups (broad SMARTS) is 1. The first kappa shape index (κ1) is 18.3. The van der Waals surface area contributed by atoms with E-state index in [9.17, 15) is 19.1 Å². The van der Waals surface area contributed by atoms with Crippen LogP contribution in [0.1, 0.15) is 33.6 Å². The third-order valence-corrected chi connectivity index (χ3v) is 5.35. The van der Waals surface area contributed by atoms with Crippen LogP contribution in [-0.4, -0.2) is 43.3 Å². The number of esters is 1. The Kier molecular flexibility index (Phi) is 4.05. The number of carboxylic acids is 1. The smallest absolute Gasteiger partial charge is 0.340 e. The van der Waals surface area contributed by atoms with E-state index in [1.165, 1.54) is 13.3 Å². The molecule has 5 rings (SSSR count). The van der Waals surface area contributed by atoms with Gasteiger partial charge >= 0.3 is 11.9 Å². The van der Waals surface area contributed by atoms with Crippen molar-refractivity contribution in [3.05, 3.63) is 53.6 Å². The number of carbonyl (C=O) groups is 2. The molecular weight excluding hydrogens is 391 g/mol. The normalized spacial score (nSPS) is 13.8. The fraction of sp³-hybridized carbons (Fsp3) is 0.238. The number of aromatic nitrogens is 4. The minimum absolute atomic E-state index is 0.0614. The molecule has 8 nitrogen and oxygen atoms in total. The van der Waals surface area contributed by atoms with Crippen molar-refractivity contribution in [1.82, 2.24) is 19.2 Å². The molecule has 0 aromatic carbocycles. The Morgan fingerprint density at radius 2 is 2.13 bits per heavy atom. The van der Waals surface area contributed by atoms with Gasteiger partial charge in [0.05, 0.1) is 18.4 Å². The zero-order chi connectivity index (χ0) is 21.0. The summed E-state index contributed by atoms with van der Waals surface area (Å²) < 4.78 is 22.5. The van der Waals surface area contributed by atoms with Crippen molar-refractivity contribution in [1.29, 1.82) is 0 Å². The first-order valence-corrected chi connectivity index (χ1v) is 9.46. The molecule has 1 saturated carbocycles. The summed E-state index contributed by atoms with van der Waals surface area (Å²) in [6.07, 6.45) is 5.14. The molecule has 0 spiro atoms. The number of carbonyl (C=O) groups excluding carboxylic acids is 1. The lowest BCUT2D eigenvalue weighted by Gasteiger charge is -2.08. The summed E-state index contributed by atoms with van der Waals surface area (Å²) in [5, 5.41) is 15.1. The number of fused-ring (bicyclic) bond motifs is 2. The van der Waals surface area contributed by atoms with E-state index in [1.807, 2.05) is 16.7 Å². The van der Waals surface area contributed by atoms with Crippen LogP contribution in [0.3, 0.4) is 0 Å². The van der Waals surface area contributed by atoms with Gasteiger partial charge in [-0.3, -0.25) is 0 Å². The molecule has 0 bridgehead atoms. The zero-order valence-electron chi connectivity index (χ0n) is 16.0. The van der Waals surface area contributed by atoms with E-state index in [2.05, 4.69) is 14.8 Å². The van der Waals surface area contributed by atoms with Gasteiger partial charge in [0.25, 0.3) is 0 Å². The van der Waals surface area contributed by atoms with Crippen molar-refractivity contribution < 1.29 is 23.8 Å². The molecule has 1 aliphatic rings. The number of pyridine rings is 2. The molecule has 1 fully saturated rings. The summed E-state index contributed by atoms with van der Waals surface area (Å²) in [7, 11) is 1.19. The van der Waals surface area contributed by atoms with Gasteiger partial charge in [0, 0.05) is 24.3 Å². The molecule has 9 heteroatoms. The standard InChI is InChI=1S/C21H17FN4O4/c1-30-21(29)13-7-14(22)18-16(20(27)28)17(24-26(18)10-13)15-8-12-3-2-6-23-19(12)25(15)9-11-4-5-11/h2-3,6-8,10-11H,4-5,9H2,1H3,(H,27,28). The van der Waals surface area contributed by atoms with Gasteiger partial charge < -0.3 is 14.4 Å². The Hall–Kier alpha value is -3.75. The van der Waals surface area contributed by atoms with Gasteiger partial charge in [-0.25, -0.2) is 23.5 Å². The topological polar surface area (TPSA) is 98.7 Å². The van der Waals surface area contributed by atoms with Gasteiger partial charge in [-0.1, -0.05) is 0 Å². The molecule has 1 N–H and O–H groups in total. The highest BCUT2D eigenvalue weighted by atomic mass is 19.1. The molecule has 0 unspecified atom stereocenters.